The Morgan fingerprint density at radius 1 is 0.800 bits per heavy atom. The molecule has 3 aromatic carbocycles. The summed E-state index contributed by atoms with van der Waals surface area (Å²) in [5, 5.41) is 2.56. The van der Waals surface area contributed by atoms with Crippen molar-refractivity contribution in [1.82, 2.24) is 4.90 Å². The van der Waals surface area contributed by atoms with E-state index in [-0.39, 0.29) is 12.1 Å². The summed E-state index contributed by atoms with van der Waals surface area (Å²) in [5.41, 5.74) is 2.18. The van der Waals surface area contributed by atoms with E-state index in [2.05, 4.69) is 10.1 Å². The topological polar surface area (TPSA) is 119 Å². The molecule has 1 N–H and O–H groups in total. The predicted molar refractivity (Wildman–Crippen MR) is 124 cm³/mol. The van der Waals surface area contributed by atoms with Crippen molar-refractivity contribution >= 4 is 35.3 Å². The molecule has 3 aromatic rings. The van der Waals surface area contributed by atoms with Crippen LogP contribution in [0.5, 0.6) is 0 Å². The lowest BCUT2D eigenvalue weighted by atomic mass is 10.1. The number of hydrogen-bond donors (Lipinski definition) is 1. The lowest BCUT2D eigenvalue weighted by molar-refractivity contribution is -0.119. The largest absolute Gasteiger partial charge is 0.465 e. The van der Waals surface area contributed by atoms with Crippen LogP contribution in [0.2, 0.25) is 0 Å². The second kappa shape index (κ2) is 10.0. The molecule has 0 saturated carbocycles. The molecular formula is C26H20N2O7. The van der Waals surface area contributed by atoms with Crippen LogP contribution >= 0.6 is 0 Å². The van der Waals surface area contributed by atoms with Gasteiger partial charge in [0.25, 0.3) is 17.7 Å². The number of carbonyl (C=O) groups is 5. The summed E-state index contributed by atoms with van der Waals surface area (Å²) in [6.07, 6.45) is 0. The van der Waals surface area contributed by atoms with Gasteiger partial charge in [-0.15, -0.1) is 0 Å². The highest BCUT2D eigenvalue weighted by atomic mass is 16.5. The third-order valence-corrected chi connectivity index (χ3v) is 5.31. The zero-order chi connectivity index (χ0) is 24.9. The van der Waals surface area contributed by atoms with Crippen LogP contribution in [-0.4, -0.2) is 48.3 Å². The number of amides is 3. The van der Waals surface area contributed by atoms with Gasteiger partial charge in [-0.25, -0.2) is 9.59 Å². The van der Waals surface area contributed by atoms with E-state index in [1.54, 1.807) is 36.4 Å². The highest BCUT2D eigenvalue weighted by Gasteiger charge is 2.35. The number of esters is 2. The van der Waals surface area contributed by atoms with Gasteiger partial charge in [-0.05, 0) is 54.1 Å². The lowest BCUT2D eigenvalue weighted by Crippen LogP contribution is -2.29. The Kier molecular flexibility index (Phi) is 6.68. The maximum Gasteiger partial charge on any atom is 0.338 e. The molecule has 0 bridgehead atoms. The summed E-state index contributed by atoms with van der Waals surface area (Å²) >= 11 is 0. The van der Waals surface area contributed by atoms with Gasteiger partial charge in [0.2, 0.25) is 0 Å². The molecule has 0 saturated heterocycles. The highest BCUT2D eigenvalue weighted by Crippen LogP contribution is 2.24. The van der Waals surface area contributed by atoms with Crippen molar-refractivity contribution in [3.05, 3.63) is 101 Å². The van der Waals surface area contributed by atoms with Gasteiger partial charge < -0.3 is 14.8 Å². The summed E-state index contributed by atoms with van der Waals surface area (Å²) in [6, 6.07) is 18.9. The Bertz CT molecular complexity index is 1300. The van der Waals surface area contributed by atoms with Crippen molar-refractivity contribution in [2.45, 2.75) is 6.54 Å². The number of anilines is 1. The summed E-state index contributed by atoms with van der Waals surface area (Å²) in [4.78, 5) is 62.3. The molecule has 9 nitrogen and oxygen atoms in total. The quantitative estimate of drug-likeness (QED) is 0.415. The Hall–Kier alpha value is -4.79. The Morgan fingerprint density at radius 3 is 2.09 bits per heavy atom. The average molecular weight is 472 g/mol. The van der Waals surface area contributed by atoms with Crippen molar-refractivity contribution in [1.29, 1.82) is 0 Å². The summed E-state index contributed by atoms with van der Waals surface area (Å²) in [7, 11) is 1.27. The molecule has 0 aromatic heterocycles. The van der Waals surface area contributed by atoms with E-state index in [1.165, 1.54) is 43.5 Å². The predicted octanol–water partition coefficient (Wildman–Crippen LogP) is 3.06. The number of ether oxygens (including phenoxy) is 2. The summed E-state index contributed by atoms with van der Waals surface area (Å²) in [5.74, 6) is -2.58. The van der Waals surface area contributed by atoms with Gasteiger partial charge in [-0.2, -0.15) is 0 Å². The van der Waals surface area contributed by atoms with E-state index < -0.39 is 36.3 Å². The normalized spacial score (nSPS) is 12.2. The van der Waals surface area contributed by atoms with E-state index >= 15 is 0 Å². The molecule has 0 aliphatic carbocycles. The monoisotopic (exact) mass is 472 g/mol. The number of hydrogen-bond acceptors (Lipinski definition) is 7. The van der Waals surface area contributed by atoms with Crippen LogP contribution in [0.4, 0.5) is 5.69 Å². The van der Waals surface area contributed by atoms with Crippen LogP contribution in [0.1, 0.15) is 47.0 Å². The highest BCUT2D eigenvalue weighted by molar-refractivity contribution is 6.21. The van der Waals surface area contributed by atoms with E-state index in [0.717, 1.165) is 4.90 Å². The van der Waals surface area contributed by atoms with Gasteiger partial charge in [0.15, 0.2) is 6.61 Å². The number of nitrogens with zero attached hydrogens (tertiary/aromatic N) is 1. The van der Waals surface area contributed by atoms with Crippen LogP contribution < -0.4 is 5.32 Å². The van der Waals surface area contributed by atoms with Gasteiger partial charge in [0, 0.05) is 5.69 Å². The van der Waals surface area contributed by atoms with E-state index in [9.17, 15) is 24.0 Å². The SMILES string of the molecule is COC(=O)c1ccc(NC(=O)COC(=O)c2cccc(CN3C(=O)c4ccccc4C3=O)c2)cc1. The Morgan fingerprint density at radius 2 is 1.46 bits per heavy atom. The molecule has 0 unspecified atom stereocenters. The number of rotatable bonds is 7. The summed E-state index contributed by atoms with van der Waals surface area (Å²) < 4.78 is 9.70. The molecule has 0 atom stereocenters. The molecular weight excluding hydrogens is 452 g/mol. The van der Waals surface area contributed by atoms with Gasteiger partial charge in [-0.3, -0.25) is 19.3 Å². The van der Waals surface area contributed by atoms with E-state index in [4.69, 9.17) is 4.74 Å². The second-order valence-electron chi connectivity index (χ2n) is 7.64. The number of fused-ring (bicyclic) bond motifs is 1. The first-order valence-electron chi connectivity index (χ1n) is 10.6. The van der Waals surface area contributed by atoms with Crippen LogP contribution in [-0.2, 0) is 20.8 Å². The molecule has 1 aliphatic heterocycles. The van der Waals surface area contributed by atoms with Crippen molar-refractivity contribution in [2.75, 3.05) is 19.0 Å². The fourth-order valence-corrected chi connectivity index (χ4v) is 3.58. The molecule has 3 amide bonds. The molecule has 176 valence electrons. The lowest BCUT2D eigenvalue weighted by Gasteiger charge is -2.14. The number of nitrogens with one attached hydrogen (secondary N) is 1. The molecule has 35 heavy (non-hydrogen) atoms. The van der Waals surface area contributed by atoms with Gasteiger partial charge >= 0.3 is 11.9 Å². The first-order valence-corrected chi connectivity index (χ1v) is 10.6. The standard InChI is InChI=1S/C26H20N2O7/c1-34-25(32)17-9-11-19(12-10-17)27-22(29)15-35-26(33)18-6-4-5-16(13-18)14-28-23(30)20-7-2-3-8-21(20)24(28)31/h2-13H,14-15H2,1H3,(H,27,29). The molecule has 0 fully saturated rings. The average Bonchev–Trinajstić information content (AvgIpc) is 3.12. The number of benzene rings is 3. The maximum absolute atomic E-state index is 12.6. The van der Waals surface area contributed by atoms with Gasteiger partial charge in [-0.1, -0.05) is 24.3 Å². The molecule has 1 aliphatic rings. The third kappa shape index (κ3) is 5.09. The first-order chi connectivity index (χ1) is 16.9. The number of imide groups is 1. The first kappa shape index (κ1) is 23.4. The zero-order valence-corrected chi connectivity index (χ0v) is 18.6. The fourth-order valence-electron chi connectivity index (χ4n) is 3.58. The third-order valence-electron chi connectivity index (χ3n) is 5.31. The minimum Gasteiger partial charge on any atom is -0.465 e. The smallest absolute Gasteiger partial charge is 0.338 e. The van der Waals surface area contributed by atoms with Gasteiger partial charge in [0.05, 0.1) is 35.9 Å². The van der Waals surface area contributed by atoms with Crippen LogP contribution in [0.25, 0.3) is 0 Å². The van der Waals surface area contributed by atoms with Crippen LogP contribution in [0.3, 0.4) is 0 Å². The molecule has 0 spiro atoms. The van der Waals surface area contributed by atoms with E-state index in [1.807, 2.05) is 0 Å². The maximum atomic E-state index is 12.6. The molecule has 1 heterocycles. The van der Waals surface area contributed by atoms with Crippen LogP contribution in [0.15, 0.2) is 72.8 Å². The molecule has 9 heteroatoms. The summed E-state index contributed by atoms with van der Waals surface area (Å²) in [6.45, 7) is -0.532. The van der Waals surface area contributed by atoms with Crippen molar-refractivity contribution in [3.8, 4) is 0 Å². The van der Waals surface area contributed by atoms with Crippen LogP contribution in [0, 0.1) is 0 Å². The van der Waals surface area contributed by atoms with E-state index in [0.29, 0.717) is 27.9 Å². The van der Waals surface area contributed by atoms with Crippen molar-refractivity contribution < 1.29 is 33.4 Å². The zero-order valence-electron chi connectivity index (χ0n) is 18.6. The minimum atomic E-state index is -0.731. The number of methoxy groups -OCH3 is 1. The van der Waals surface area contributed by atoms with Crippen molar-refractivity contribution in [3.63, 3.8) is 0 Å². The Labute approximate surface area is 200 Å². The fraction of sp³-hybridized carbons (Fsp3) is 0.115. The Balaban J connectivity index is 1.34. The molecule has 4 rings (SSSR count). The second-order valence-corrected chi connectivity index (χ2v) is 7.64. The number of carbonyl (C=O) groups excluding carboxylic acids is 5. The van der Waals surface area contributed by atoms with Crippen molar-refractivity contribution in [2.24, 2.45) is 0 Å². The minimum absolute atomic E-state index is 0.00444. The van der Waals surface area contributed by atoms with Gasteiger partial charge in [0.1, 0.15) is 0 Å². The molecule has 0 radical (unpaired) electrons.